The lowest BCUT2D eigenvalue weighted by molar-refractivity contribution is 0.183. The van der Waals surface area contributed by atoms with Gasteiger partial charge in [0, 0.05) is 45.2 Å². The van der Waals surface area contributed by atoms with Crippen molar-refractivity contribution in [2.45, 2.75) is 38.9 Å². The fraction of sp³-hybridized carbons (Fsp3) is 0.625. The number of hydrogen-bond acceptors (Lipinski definition) is 4. The first kappa shape index (κ1) is 14.0. The van der Waals surface area contributed by atoms with Crippen LogP contribution in [0.2, 0.25) is 0 Å². The summed E-state index contributed by atoms with van der Waals surface area (Å²) >= 11 is 0. The number of nitrogens with zero attached hydrogens (tertiary/aromatic N) is 4. The van der Waals surface area contributed by atoms with E-state index in [-0.39, 0.29) is 0 Å². The van der Waals surface area contributed by atoms with Crippen molar-refractivity contribution in [1.29, 1.82) is 0 Å². The first-order chi connectivity index (χ1) is 10.9. The summed E-state index contributed by atoms with van der Waals surface area (Å²) in [6, 6.07) is 2.18. The maximum atomic E-state index is 5.46. The summed E-state index contributed by atoms with van der Waals surface area (Å²) in [6.45, 7) is 5.77. The van der Waals surface area contributed by atoms with E-state index in [4.69, 9.17) is 9.84 Å². The van der Waals surface area contributed by atoms with Crippen LogP contribution in [0.5, 0.6) is 0 Å². The van der Waals surface area contributed by atoms with Gasteiger partial charge >= 0.3 is 0 Å². The highest BCUT2D eigenvalue weighted by molar-refractivity contribution is 5.50. The standard InChI is InChI=1S/C16H23N5O/c1-4-17-11-14-10-15(19-21(14)6-1)16-18-5-8-20(16)7-2-13-3-9-22-12-13/h5,8,10,13,17H,1-4,6-7,9,11-12H2. The molecule has 2 aromatic heterocycles. The van der Waals surface area contributed by atoms with Gasteiger partial charge in [-0.1, -0.05) is 0 Å². The molecule has 4 heterocycles. The first-order valence-corrected chi connectivity index (χ1v) is 8.27. The summed E-state index contributed by atoms with van der Waals surface area (Å²) in [6.07, 6.45) is 7.41. The number of aromatic nitrogens is 4. The largest absolute Gasteiger partial charge is 0.381 e. The molecule has 6 nitrogen and oxygen atoms in total. The molecule has 0 aromatic carbocycles. The Bertz CT molecular complexity index is 603. The zero-order chi connectivity index (χ0) is 14.8. The van der Waals surface area contributed by atoms with Crippen molar-refractivity contribution < 1.29 is 4.74 Å². The van der Waals surface area contributed by atoms with Gasteiger partial charge in [-0.05, 0) is 37.8 Å². The first-order valence-electron chi connectivity index (χ1n) is 8.27. The second-order valence-electron chi connectivity index (χ2n) is 6.24. The van der Waals surface area contributed by atoms with Crippen LogP contribution in [-0.2, 0) is 24.4 Å². The number of hydrogen-bond donors (Lipinski definition) is 1. The Morgan fingerprint density at radius 3 is 3.32 bits per heavy atom. The molecule has 1 saturated heterocycles. The maximum absolute atomic E-state index is 5.46. The van der Waals surface area contributed by atoms with E-state index in [0.29, 0.717) is 5.92 Å². The van der Waals surface area contributed by atoms with Crippen LogP contribution in [0.4, 0.5) is 0 Å². The molecule has 4 rings (SSSR count). The summed E-state index contributed by atoms with van der Waals surface area (Å²) in [5.41, 5.74) is 2.25. The normalized spacial score (nSPS) is 21.7. The van der Waals surface area contributed by atoms with Crippen molar-refractivity contribution in [2.24, 2.45) is 5.92 Å². The number of rotatable bonds is 4. The predicted molar refractivity (Wildman–Crippen MR) is 83.3 cm³/mol. The molecular weight excluding hydrogens is 278 g/mol. The van der Waals surface area contributed by atoms with E-state index in [1.54, 1.807) is 0 Å². The minimum absolute atomic E-state index is 0.693. The lowest BCUT2D eigenvalue weighted by Crippen LogP contribution is -2.11. The second kappa shape index (κ2) is 6.22. The average molecular weight is 301 g/mol. The molecule has 2 aliphatic heterocycles. The molecule has 22 heavy (non-hydrogen) atoms. The predicted octanol–water partition coefficient (Wildman–Crippen LogP) is 1.67. The van der Waals surface area contributed by atoms with Crippen LogP contribution in [0.15, 0.2) is 18.5 Å². The molecule has 2 aromatic rings. The van der Waals surface area contributed by atoms with Crippen LogP contribution in [0.3, 0.4) is 0 Å². The molecule has 0 saturated carbocycles. The molecule has 2 aliphatic rings. The summed E-state index contributed by atoms with van der Waals surface area (Å²) < 4.78 is 9.82. The molecular formula is C16H23N5O. The zero-order valence-electron chi connectivity index (χ0n) is 12.9. The highest BCUT2D eigenvalue weighted by atomic mass is 16.5. The SMILES string of the molecule is c1cn(CCC2CCOC2)c(-c2cc3n(n2)CCCNC3)n1. The van der Waals surface area contributed by atoms with Crippen molar-refractivity contribution in [3.63, 3.8) is 0 Å². The monoisotopic (exact) mass is 301 g/mol. The highest BCUT2D eigenvalue weighted by Crippen LogP contribution is 2.22. The quantitative estimate of drug-likeness (QED) is 0.933. The Labute approximate surface area is 130 Å². The van der Waals surface area contributed by atoms with Crippen LogP contribution in [0, 0.1) is 5.92 Å². The Morgan fingerprint density at radius 2 is 2.41 bits per heavy atom. The lowest BCUT2D eigenvalue weighted by Gasteiger charge is -2.09. The summed E-state index contributed by atoms with van der Waals surface area (Å²) in [5, 5.41) is 8.20. The van der Waals surface area contributed by atoms with Crippen LogP contribution in [0.25, 0.3) is 11.5 Å². The second-order valence-corrected chi connectivity index (χ2v) is 6.24. The molecule has 1 unspecified atom stereocenters. The molecule has 1 atom stereocenters. The Kier molecular flexibility index (Phi) is 3.95. The summed E-state index contributed by atoms with van der Waals surface area (Å²) in [5.74, 6) is 1.68. The Morgan fingerprint density at radius 1 is 1.41 bits per heavy atom. The van der Waals surface area contributed by atoms with Gasteiger partial charge in [-0.3, -0.25) is 4.68 Å². The van der Waals surface area contributed by atoms with Crippen molar-refractivity contribution in [3.8, 4) is 11.5 Å². The molecule has 0 aliphatic carbocycles. The van der Waals surface area contributed by atoms with Crippen molar-refractivity contribution >= 4 is 0 Å². The topological polar surface area (TPSA) is 56.9 Å². The van der Waals surface area contributed by atoms with Gasteiger partial charge in [0.2, 0.25) is 0 Å². The van der Waals surface area contributed by atoms with Gasteiger partial charge in [0.25, 0.3) is 0 Å². The molecule has 6 heteroatoms. The minimum atomic E-state index is 0.693. The average Bonchev–Trinajstić information content (AvgIpc) is 3.24. The van der Waals surface area contributed by atoms with Crippen LogP contribution in [-0.4, -0.2) is 39.1 Å². The van der Waals surface area contributed by atoms with Crippen LogP contribution < -0.4 is 5.32 Å². The highest BCUT2D eigenvalue weighted by Gasteiger charge is 2.18. The molecule has 0 bridgehead atoms. The fourth-order valence-electron chi connectivity index (χ4n) is 3.33. The van der Waals surface area contributed by atoms with Crippen LogP contribution in [0.1, 0.15) is 25.0 Å². The van der Waals surface area contributed by atoms with E-state index in [9.17, 15) is 0 Å². The third-order valence-electron chi connectivity index (χ3n) is 4.64. The number of aryl methyl sites for hydroxylation is 2. The van der Waals surface area contributed by atoms with Gasteiger partial charge in [-0.15, -0.1) is 0 Å². The maximum Gasteiger partial charge on any atom is 0.160 e. The number of fused-ring (bicyclic) bond motifs is 1. The van der Waals surface area contributed by atoms with E-state index in [1.807, 2.05) is 6.20 Å². The number of nitrogens with one attached hydrogen (secondary N) is 1. The van der Waals surface area contributed by atoms with Gasteiger partial charge in [0.15, 0.2) is 5.82 Å². The lowest BCUT2D eigenvalue weighted by atomic mass is 10.1. The van der Waals surface area contributed by atoms with E-state index in [2.05, 4.69) is 31.8 Å². The number of ether oxygens (including phenoxy) is 1. The fourth-order valence-corrected chi connectivity index (χ4v) is 3.33. The van der Waals surface area contributed by atoms with Gasteiger partial charge in [-0.25, -0.2) is 4.98 Å². The summed E-state index contributed by atoms with van der Waals surface area (Å²) in [4.78, 5) is 4.53. The van der Waals surface area contributed by atoms with Crippen molar-refractivity contribution in [3.05, 3.63) is 24.2 Å². The van der Waals surface area contributed by atoms with Crippen LogP contribution >= 0.6 is 0 Å². The molecule has 0 spiro atoms. The van der Waals surface area contributed by atoms with Crippen molar-refractivity contribution in [2.75, 3.05) is 19.8 Å². The molecule has 1 N–H and O–H groups in total. The Hall–Kier alpha value is -1.66. The van der Waals surface area contributed by atoms with Gasteiger partial charge in [0.1, 0.15) is 5.69 Å². The van der Waals surface area contributed by atoms with Gasteiger partial charge in [0.05, 0.1) is 5.69 Å². The van der Waals surface area contributed by atoms with E-state index in [0.717, 1.165) is 63.8 Å². The Balaban J connectivity index is 1.51. The van der Waals surface area contributed by atoms with E-state index in [1.165, 1.54) is 12.1 Å². The summed E-state index contributed by atoms with van der Waals surface area (Å²) in [7, 11) is 0. The molecule has 0 radical (unpaired) electrons. The third kappa shape index (κ3) is 2.80. The van der Waals surface area contributed by atoms with Gasteiger partial charge in [-0.2, -0.15) is 5.10 Å². The zero-order valence-corrected chi connectivity index (χ0v) is 12.9. The number of imidazole rings is 1. The molecule has 1 fully saturated rings. The van der Waals surface area contributed by atoms with E-state index < -0.39 is 0 Å². The van der Waals surface area contributed by atoms with Gasteiger partial charge < -0.3 is 14.6 Å². The van der Waals surface area contributed by atoms with Crippen molar-refractivity contribution in [1.82, 2.24) is 24.6 Å². The third-order valence-corrected chi connectivity index (χ3v) is 4.64. The van der Waals surface area contributed by atoms with E-state index >= 15 is 0 Å². The minimum Gasteiger partial charge on any atom is -0.381 e. The molecule has 118 valence electrons. The molecule has 0 amide bonds. The smallest absolute Gasteiger partial charge is 0.160 e.